The van der Waals surface area contributed by atoms with E-state index in [1.165, 1.54) is 6.20 Å². The molecule has 0 aliphatic rings. The zero-order valence-electron chi connectivity index (χ0n) is 11.2. The zero-order valence-corrected chi connectivity index (χ0v) is 11.2. The second-order valence-electron chi connectivity index (χ2n) is 4.61. The van der Waals surface area contributed by atoms with Gasteiger partial charge in [0.15, 0.2) is 6.29 Å². The van der Waals surface area contributed by atoms with Crippen LogP contribution in [0.1, 0.15) is 45.3 Å². The van der Waals surface area contributed by atoms with Crippen LogP contribution in [0.3, 0.4) is 0 Å². The number of rotatable bonds is 6. The Balaban J connectivity index is 2.31. The van der Waals surface area contributed by atoms with Crippen LogP contribution in [-0.4, -0.2) is 26.9 Å². The van der Waals surface area contributed by atoms with E-state index in [1.807, 2.05) is 13.0 Å². The number of benzene rings is 1. The molecule has 0 atom stereocenters. The first kappa shape index (κ1) is 14.0. The number of carboxylic acids is 1. The molecule has 1 N–H and O–H groups in total. The highest BCUT2D eigenvalue weighted by Gasteiger charge is 2.11. The predicted molar refractivity (Wildman–Crippen MR) is 74.1 cm³/mol. The Bertz CT molecular complexity index is 632. The molecule has 0 aliphatic carbocycles. The van der Waals surface area contributed by atoms with Crippen LogP contribution in [0, 0.1) is 0 Å². The number of hydrogen-bond donors (Lipinski definition) is 1. The van der Waals surface area contributed by atoms with Gasteiger partial charge >= 0.3 is 5.97 Å². The first-order valence-electron chi connectivity index (χ1n) is 6.46. The lowest BCUT2D eigenvalue weighted by Gasteiger charge is -2.09. The van der Waals surface area contributed by atoms with E-state index in [-0.39, 0.29) is 0 Å². The summed E-state index contributed by atoms with van der Waals surface area (Å²) < 4.78 is 1.73. The van der Waals surface area contributed by atoms with Crippen LogP contribution in [0.15, 0.2) is 30.7 Å². The highest BCUT2D eigenvalue weighted by molar-refractivity contribution is 5.89. The highest BCUT2D eigenvalue weighted by Crippen LogP contribution is 2.16. The molecule has 20 heavy (non-hydrogen) atoms. The number of aldehydes is 1. The van der Waals surface area contributed by atoms with Gasteiger partial charge in [0.1, 0.15) is 5.69 Å². The lowest BCUT2D eigenvalue weighted by Crippen LogP contribution is -2.06. The van der Waals surface area contributed by atoms with Crippen molar-refractivity contribution in [2.45, 2.75) is 26.3 Å². The van der Waals surface area contributed by atoms with Crippen LogP contribution >= 0.6 is 0 Å². The van der Waals surface area contributed by atoms with Gasteiger partial charge < -0.3 is 9.67 Å². The van der Waals surface area contributed by atoms with Crippen molar-refractivity contribution < 1.29 is 14.7 Å². The van der Waals surface area contributed by atoms with Gasteiger partial charge in [0.25, 0.3) is 0 Å². The second-order valence-corrected chi connectivity index (χ2v) is 4.61. The Hall–Kier alpha value is -2.43. The van der Waals surface area contributed by atoms with E-state index in [0.717, 1.165) is 30.3 Å². The molecule has 0 amide bonds. The molecular formula is C15H16N2O3. The van der Waals surface area contributed by atoms with Crippen molar-refractivity contribution in [3.8, 4) is 0 Å². The van der Waals surface area contributed by atoms with Gasteiger partial charge in [-0.15, -0.1) is 0 Å². The molecule has 1 heterocycles. The molecule has 0 fully saturated rings. The quantitative estimate of drug-likeness (QED) is 0.819. The van der Waals surface area contributed by atoms with Gasteiger partial charge in [-0.05, 0) is 23.6 Å². The number of hydrogen-bond acceptors (Lipinski definition) is 3. The largest absolute Gasteiger partial charge is 0.478 e. The van der Waals surface area contributed by atoms with Gasteiger partial charge in [-0.25, -0.2) is 9.78 Å². The molecule has 1 aromatic heterocycles. The third kappa shape index (κ3) is 2.93. The molecule has 0 spiro atoms. The molecule has 5 nitrogen and oxygen atoms in total. The number of carbonyl (C=O) groups is 2. The smallest absolute Gasteiger partial charge is 0.335 e. The average Bonchev–Trinajstić information content (AvgIpc) is 2.86. The number of aromatic carboxylic acids is 1. The van der Waals surface area contributed by atoms with Crippen molar-refractivity contribution >= 4 is 12.3 Å². The SMILES string of the molecule is CCCc1cc(Cn2cncc2C=O)ccc1C(=O)O. The summed E-state index contributed by atoms with van der Waals surface area (Å²) >= 11 is 0. The van der Waals surface area contributed by atoms with Gasteiger partial charge in [-0.1, -0.05) is 25.5 Å². The van der Waals surface area contributed by atoms with Crippen molar-refractivity contribution in [3.05, 3.63) is 53.1 Å². The number of aryl methyl sites for hydroxylation is 1. The third-order valence-corrected chi connectivity index (χ3v) is 3.14. The second kappa shape index (κ2) is 6.14. The van der Waals surface area contributed by atoms with Gasteiger partial charge in [-0.2, -0.15) is 0 Å². The standard InChI is InChI=1S/C15H16N2O3/c1-2-3-12-6-11(4-5-14(12)15(19)20)8-17-10-16-7-13(17)9-18/h4-7,9-10H,2-3,8H2,1H3,(H,19,20). The Morgan fingerprint density at radius 1 is 1.45 bits per heavy atom. The monoisotopic (exact) mass is 272 g/mol. The summed E-state index contributed by atoms with van der Waals surface area (Å²) in [6.45, 7) is 2.52. The minimum atomic E-state index is -0.906. The minimum absolute atomic E-state index is 0.344. The maximum absolute atomic E-state index is 11.2. The molecule has 0 unspecified atom stereocenters. The molecule has 2 rings (SSSR count). The fourth-order valence-electron chi connectivity index (χ4n) is 2.19. The summed E-state index contributed by atoms with van der Waals surface area (Å²) in [7, 11) is 0. The number of carbonyl (C=O) groups excluding carboxylic acids is 1. The topological polar surface area (TPSA) is 72.2 Å². The number of imidazole rings is 1. The van der Waals surface area contributed by atoms with E-state index >= 15 is 0 Å². The maximum atomic E-state index is 11.2. The molecule has 0 saturated carbocycles. The van der Waals surface area contributed by atoms with E-state index in [2.05, 4.69) is 4.98 Å². The molecule has 0 aliphatic heterocycles. The van der Waals surface area contributed by atoms with Crippen molar-refractivity contribution in [2.75, 3.05) is 0 Å². The molecule has 0 radical (unpaired) electrons. The van der Waals surface area contributed by atoms with Gasteiger partial charge in [0.05, 0.1) is 18.1 Å². The van der Waals surface area contributed by atoms with Gasteiger partial charge in [0, 0.05) is 6.54 Å². The van der Waals surface area contributed by atoms with Gasteiger partial charge in [0.2, 0.25) is 0 Å². The number of nitrogens with zero attached hydrogens (tertiary/aromatic N) is 2. The van der Waals surface area contributed by atoms with Crippen molar-refractivity contribution in [3.63, 3.8) is 0 Å². The molecule has 0 bridgehead atoms. The van der Waals surface area contributed by atoms with Crippen molar-refractivity contribution in [1.29, 1.82) is 0 Å². The highest BCUT2D eigenvalue weighted by atomic mass is 16.4. The Labute approximate surface area is 116 Å². The summed E-state index contributed by atoms with van der Waals surface area (Å²) in [5.74, 6) is -0.906. The Morgan fingerprint density at radius 2 is 2.25 bits per heavy atom. The van der Waals surface area contributed by atoms with E-state index in [0.29, 0.717) is 17.8 Å². The normalized spacial score (nSPS) is 10.4. The van der Waals surface area contributed by atoms with E-state index in [4.69, 9.17) is 5.11 Å². The average molecular weight is 272 g/mol. The maximum Gasteiger partial charge on any atom is 0.335 e. The molecule has 0 saturated heterocycles. The summed E-state index contributed by atoms with van der Waals surface area (Å²) in [5, 5.41) is 9.16. The van der Waals surface area contributed by atoms with Crippen LogP contribution in [-0.2, 0) is 13.0 Å². The van der Waals surface area contributed by atoms with Gasteiger partial charge in [-0.3, -0.25) is 4.79 Å². The Kier molecular flexibility index (Phi) is 4.30. The molecule has 5 heteroatoms. The summed E-state index contributed by atoms with van der Waals surface area (Å²) in [5.41, 5.74) is 2.63. The fraction of sp³-hybridized carbons (Fsp3) is 0.267. The van der Waals surface area contributed by atoms with Crippen molar-refractivity contribution in [2.24, 2.45) is 0 Å². The predicted octanol–water partition coefficient (Wildman–Crippen LogP) is 2.39. The molecule has 2 aromatic rings. The summed E-state index contributed by atoms with van der Waals surface area (Å²) in [6.07, 6.45) is 5.46. The summed E-state index contributed by atoms with van der Waals surface area (Å²) in [6, 6.07) is 5.29. The van der Waals surface area contributed by atoms with Crippen LogP contribution in [0.25, 0.3) is 0 Å². The molecular weight excluding hydrogens is 256 g/mol. The van der Waals surface area contributed by atoms with E-state index < -0.39 is 5.97 Å². The van der Waals surface area contributed by atoms with E-state index in [1.54, 1.807) is 23.0 Å². The fourth-order valence-corrected chi connectivity index (χ4v) is 2.19. The minimum Gasteiger partial charge on any atom is -0.478 e. The number of aromatic nitrogens is 2. The van der Waals surface area contributed by atoms with Crippen LogP contribution in [0.5, 0.6) is 0 Å². The number of carboxylic acid groups (broad SMARTS) is 1. The zero-order chi connectivity index (χ0) is 14.5. The van der Waals surface area contributed by atoms with Crippen LogP contribution < -0.4 is 0 Å². The lowest BCUT2D eigenvalue weighted by molar-refractivity contribution is 0.0695. The molecule has 1 aromatic carbocycles. The summed E-state index contributed by atoms with van der Waals surface area (Å²) in [4.78, 5) is 25.9. The Morgan fingerprint density at radius 3 is 2.90 bits per heavy atom. The molecule has 104 valence electrons. The van der Waals surface area contributed by atoms with E-state index in [9.17, 15) is 9.59 Å². The first-order valence-corrected chi connectivity index (χ1v) is 6.46. The third-order valence-electron chi connectivity index (χ3n) is 3.14. The first-order chi connectivity index (χ1) is 9.65. The van der Waals surface area contributed by atoms with Crippen LogP contribution in [0.4, 0.5) is 0 Å². The lowest BCUT2D eigenvalue weighted by atomic mass is 10.00. The van der Waals surface area contributed by atoms with Crippen LogP contribution in [0.2, 0.25) is 0 Å². The van der Waals surface area contributed by atoms with Crippen molar-refractivity contribution in [1.82, 2.24) is 9.55 Å².